The molecule has 0 aliphatic carbocycles. The van der Waals surface area contributed by atoms with E-state index in [0.29, 0.717) is 27.7 Å². The number of fused-ring (bicyclic) bond motifs is 1. The molecule has 0 saturated heterocycles. The van der Waals surface area contributed by atoms with Gasteiger partial charge in [0, 0.05) is 10.9 Å². The van der Waals surface area contributed by atoms with Crippen molar-refractivity contribution in [3.8, 4) is 17.2 Å². The molecular weight excluding hydrogens is 366 g/mol. The van der Waals surface area contributed by atoms with Crippen molar-refractivity contribution in [2.75, 3.05) is 0 Å². The van der Waals surface area contributed by atoms with Gasteiger partial charge < -0.3 is 15.3 Å². The minimum atomic E-state index is -0.271. The average molecular weight is 383 g/mol. The zero-order valence-electron chi connectivity index (χ0n) is 15.3. The van der Waals surface area contributed by atoms with Crippen molar-refractivity contribution >= 4 is 28.8 Å². The molecule has 29 heavy (non-hydrogen) atoms. The number of hydrogen-bond acceptors (Lipinski definition) is 5. The van der Waals surface area contributed by atoms with E-state index in [1.165, 1.54) is 12.1 Å². The highest BCUT2D eigenvalue weighted by Crippen LogP contribution is 2.30. The van der Waals surface area contributed by atoms with Crippen molar-refractivity contribution in [3.05, 3.63) is 95.2 Å². The Morgan fingerprint density at radius 1 is 0.793 bits per heavy atom. The van der Waals surface area contributed by atoms with E-state index >= 15 is 0 Å². The Morgan fingerprint density at radius 2 is 1.55 bits per heavy atom. The number of ketones is 1. The van der Waals surface area contributed by atoms with Crippen LogP contribution in [0.15, 0.2) is 72.8 Å². The van der Waals surface area contributed by atoms with Crippen LogP contribution < -0.4 is 0 Å². The summed E-state index contributed by atoms with van der Waals surface area (Å²) in [6, 6.07) is 20.2. The minimum absolute atomic E-state index is 0.158. The van der Waals surface area contributed by atoms with Crippen LogP contribution >= 0.6 is 0 Å². The van der Waals surface area contributed by atoms with E-state index in [2.05, 4.69) is 4.98 Å². The molecule has 3 N–H and O–H groups in total. The Bertz CT molecular complexity index is 1250. The number of hydrogen-bond donors (Lipinski definition) is 3. The van der Waals surface area contributed by atoms with Crippen LogP contribution in [-0.4, -0.2) is 26.1 Å². The summed E-state index contributed by atoms with van der Waals surface area (Å²) in [5.41, 5.74) is 2.28. The number of carbonyl (C=O) groups is 1. The molecule has 4 rings (SSSR count). The van der Waals surface area contributed by atoms with Crippen molar-refractivity contribution in [1.82, 2.24) is 4.98 Å². The standard InChI is InChI=1S/C24H17NO4/c26-20-13-7-15(14-21(20)27)6-10-18-11-8-16-9-12-19(24(29)22(16)25-18)23(28)17-4-2-1-3-5-17/h1-14,26-27,29H/b10-6+. The Morgan fingerprint density at radius 3 is 2.31 bits per heavy atom. The minimum Gasteiger partial charge on any atom is -0.505 e. The van der Waals surface area contributed by atoms with Crippen LogP contribution in [0.25, 0.3) is 23.1 Å². The third-order valence-electron chi connectivity index (χ3n) is 4.58. The number of pyridine rings is 1. The number of nitrogens with zero attached hydrogens (tertiary/aromatic N) is 1. The Labute approximate surface area is 166 Å². The molecule has 0 bridgehead atoms. The first kappa shape index (κ1) is 18.3. The van der Waals surface area contributed by atoms with Crippen LogP contribution in [0, 0.1) is 0 Å². The van der Waals surface area contributed by atoms with E-state index in [1.54, 1.807) is 60.7 Å². The number of phenolic OH excluding ortho intramolecular Hbond substituents is 3. The molecule has 1 heterocycles. The van der Waals surface area contributed by atoms with Crippen molar-refractivity contribution in [2.24, 2.45) is 0 Å². The Kier molecular flexibility index (Phi) is 4.71. The molecule has 0 aliphatic heterocycles. The second kappa shape index (κ2) is 7.48. The molecule has 4 aromatic rings. The molecule has 0 spiro atoms. The largest absolute Gasteiger partial charge is 0.505 e. The van der Waals surface area contributed by atoms with E-state index < -0.39 is 0 Å². The van der Waals surface area contributed by atoms with Crippen LogP contribution in [0.1, 0.15) is 27.2 Å². The molecule has 1 aromatic heterocycles. The number of rotatable bonds is 4. The third-order valence-corrected chi connectivity index (χ3v) is 4.58. The average Bonchev–Trinajstić information content (AvgIpc) is 2.75. The van der Waals surface area contributed by atoms with E-state index in [4.69, 9.17) is 0 Å². The monoisotopic (exact) mass is 383 g/mol. The van der Waals surface area contributed by atoms with Gasteiger partial charge in [0.25, 0.3) is 0 Å². The first-order valence-corrected chi connectivity index (χ1v) is 8.95. The molecule has 5 heteroatoms. The second-order valence-electron chi connectivity index (χ2n) is 6.55. The number of benzene rings is 3. The summed E-state index contributed by atoms with van der Waals surface area (Å²) in [5.74, 6) is -0.826. The summed E-state index contributed by atoms with van der Waals surface area (Å²) < 4.78 is 0. The van der Waals surface area contributed by atoms with E-state index in [-0.39, 0.29) is 28.6 Å². The molecule has 0 saturated carbocycles. The molecule has 0 atom stereocenters. The fourth-order valence-corrected chi connectivity index (χ4v) is 3.04. The lowest BCUT2D eigenvalue weighted by Crippen LogP contribution is -2.02. The first-order valence-electron chi connectivity index (χ1n) is 8.95. The van der Waals surface area contributed by atoms with Gasteiger partial charge in [0.1, 0.15) is 5.52 Å². The lowest BCUT2D eigenvalue weighted by molar-refractivity contribution is 0.103. The second-order valence-corrected chi connectivity index (χ2v) is 6.55. The SMILES string of the molecule is O=C(c1ccccc1)c1ccc2ccc(/C=C/c3ccc(O)c(O)c3)nc2c1O. The summed E-state index contributed by atoms with van der Waals surface area (Å²) in [6.07, 6.45) is 3.44. The number of aromatic nitrogens is 1. The van der Waals surface area contributed by atoms with Crippen molar-refractivity contribution in [1.29, 1.82) is 0 Å². The van der Waals surface area contributed by atoms with Crippen LogP contribution in [0.2, 0.25) is 0 Å². The molecule has 0 amide bonds. The topological polar surface area (TPSA) is 90.7 Å². The molecule has 0 unspecified atom stereocenters. The Hall–Kier alpha value is -4.12. The number of carbonyl (C=O) groups excluding carboxylic acids is 1. The van der Waals surface area contributed by atoms with Gasteiger partial charge >= 0.3 is 0 Å². The summed E-state index contributed by atoms with van der Waals surface area (Å²) in [7, 11) is 0. The van der Waals surface area contributed by atoms with Gasteiger partial charge in [0.15, 0.2) is 23.0 Å². The van der Waals surface area contributed by atoms with Crippen molar-refractivity contribution in [2.45, 2.75) is 0 Å². The highest BCUT2D eigenvalue weighted by molar-refractivity contribution is 6.13. The third kappa shape index (κ3) is 3.66. The smallest absolute Gasteiger partial charge is 0.196 e. The van der Waals surface area contributed by atoms with Gasteiger partial charge in [-0.3, -0.25) is 4.79 Å². The molecular formula is C24H17NO4. The van der Waals surface area contributed by atoms with E-state index in [0.717, 1.165) is 0 Å². The molecule has 0 fully saturated rings. The summed E-state index contributed by atoms with van der Waals surface area (Å²) in [6.45, 7) is 0. The van der Waals surface area contributed by atoms with Gasteiger partial charge in [-0.05, 0) is 35.9 Å². The fraction of sp³-hybridized carbons (Fsp3) is 0. The van der Waals surface area contributed by atoms with E-state index in [9.17, 15) is 20.1 Å². The molecule has 0 aliphatic rings. The van der Waals surface area contributed by atoms with Gasteiger partial charge in [-0.25, -0.2) is 4.98 Å². The van der Waals surface area contributed by atoms with E-state index in [1.807, 2.05) is 12.1 Å². The maximum atomic E-state index is 12.7. The van der Waals surface area contributed by atoms with Crippen molar-refractivity contribution < 1.29 is 20.1 Å². The lowest BCUT2D eigenvalue weighted by atomic mass is 10.0. The predicted octanol–water partition coefficient (Wildman–Crippen LogP) is 4.75. The van der Waals surface area contributed by atoms with Gasteiger partial charge in [0.2, 0.25) is 0 Å². The normalized spacial score (nSPS) is 11.2. The van der Waals surface area contributed by atoms with Crippen LogP contribution in [0.3, 0.4) is 0 Å². The predicted molar refractivity (Wildman–Crippen MR) is 112 cm³/mol. The quantitative estimate of drug-likeness (QED) is 0.349. The summed E-state index contributed by atoms with van der Waals surface area (Å²) in [4.78, 5) is 17.2. The van der Waals surface area contributed by atoms with Crippen LogP contribution in [0.4, 0.5) is 0 Å². The highest BCUT2D eigenvalue weighted by Gasteiger charge is 2.16. The Balaban J connectivity index is 1.71. The summed E-state index contributed by atoms with van der Waals surface area (Å²) >= 11 is 0. The van der Waals surface area contributed by atoms with Crippen LogP contribution in [-0.2, 0) is 0 Å². The van der Waals surface area contributed by atoms with Gasteiger partial charge in [0.05, 0.1) is 11.3 Å². The maximum Gasteiger partial charge on any atom is 0.196 e. The fourth-order valence-electron chi connectivity index (χ4n) is 3.04. The zero-order chi connectivity index (χ0) is 20.4. The van der Waals surface area contributed by atoms with Gasteiger partial charge in [-0.1, -0.05) is 54.6 Å². The first-order chi connectivity index (χ1) is 14.0. The lowest BCUT2D eigenvalue weighted by Gasteiger charge is -2.08. The zero-order valence-corrected chi connectivity index (χ0v) is 15.3. The van der Waals surface area contributed by atoms with Crippen LogP contribution in [0.5, 0.6) is 17.2 Å². The maximum absolute atomic E-state index is 12.7. The highest BCUT2D eigenvalue weighted by atomic mass is 16.3. The van der Waals surface area contributed by atoms with Gasteiger partial charge in [-0.2, -0.15) is 0 Å². The summed E-state index contributed by atoms with van der Waals surface area (Å²) in [5, 5.41) is 30.4. The molecule has 142 valence electrons. The number of aromatic hydroxyl groups is 3. The van der Waals surface area contributed by atoms with Crippen molar-refractivity contribution in [3.63, 3.8) is 0 Å². The molecule has 5 nitrogen and oxygen atoms in total. The molecule has 0 radical (unpaired) electrons. The number of phenols is 3. The van der Waals surface area contributed by atoms with Gasteiger partial charge in [-0.15, -0.1) is 0 Å². The molecule has 3 aromatic carbocycles.